The van der Waals surface area contributed by atoms with Crippen molar-refractivity contribution in [1.29, 1.82) is 0 Å². The lowest BCUT2D eigenvalue weighted by atomic mass is 10.0. The van der Waals surface area contributed by atoms with Gasteiger partial charge in [0.1, 0.15) is 0 Å². The van der Waals surface area contributed by atoms with Crippen LogP contribution in [0.5, 0.6) is 0 Å². The lowest BCUT2D eigenvalue weighted by Gasteiger charge is -2.11. The van der Waals surface area contributed by atoms with Crippen molar-refractivity contribution in [3.63, 3.8) is 0 Å². The van der Waals surface area contributed by atoms with Gasteiger partial charge in [-0.25, -0.2) is 0 Å². The molecular formula is C11H13Br2N. The first-order chi connectivity index (χ1) is 6.65. The molecule has 0 aliphatic heterocycles. The molecule has 0 aliphatic rings. The normalized spacial score (nSPS) is 12.5. The maximum Gasteiger partial charge on any atom is 0.0320 e. The van der Waals surface area contributed by atoms with E-state index in [9.17, 15) is 0 Å². The minimum Gasteiger partial charge on any atom is -0.324 e. The Morgan fingerprint density at radius 1 is 1.36 bits per heavy atom. The summed E-state index contributed by atoms with van der Waals surface area (Å²) in [6.07, 6.45) is 3.79. The second-order valence-electron chi connectivity index (χ2n) is 3.15. The van der Waals surface area contributed by atoms with Crippen molar-refractivity contribution in [3.8, 4) is 0 Å². The standard InChI is InChI=1S/C11H13Br2N/c1-2-3-4-11(14)8-5-6-9(12)10(13)7-8/h2,5-7,11H,1,3-4,14H2/t11-/m1/s1. The first-order valence-corrected chi connectivity index (χ1v) is 6.05. The number of hydrogen-bond donors (Lipinski definition) is 1. The Hall–Kier alpha value is -0.120. The van der Waals surface area contributed by atoms with E-state index in [1.165, 1.54) is 0 Å². The minimum absolute atomic E-state index is 0.0948. The van der Waals surface area contributed by atoms with E-state index in [-0.39, 0.29) is 6.04 Å². The van der Waals surface area contributed by atoms with Crippen LogP contribution in [-0.4, -0.2) is 0 Å². The lowest BCUT2D eigenvalue weighted by Crippen LogP contribution is -2.09. The molecule has 0 unspecified atom stereocenters. The van der Waals surface area contributed by atoms with Crippen molar-refractivity contribution >= 4 is 31.9 Å². The zero-order valence-electron chi connectivity index (χ0n) is 7.84. The molecule has 1 atom stereocenters. The smallest absolute Gasteiger partial charge is 0.0320 e. The molecule has 1 rings (SSSR count). The van der Waals surface area contributed by atoms with Gasteiger partial charge in [0, 0.05) is 15.0 Å². The molecule has 0 heterocycles. The molecule has 0 fully saturated rings. The Balaban J connectivity index is 2.75. The molecule has 1 nitrogen and oxygen atoms in total. The van der Waals surface area contributed by atoms with Crippen LogP contribution in [0, 0.1) is 0 Å². The monoisotopic (exact) mass is 317 g/mol. The van der Waals surface area contributed by atoms with Crippen LogP contribution in [0.1, 0.15) is 24.4 Å². The number of benzene rings is 1. The molecule has 0 saturated carbocycles. The average molecular weight is 319 g/mol. The second kappa shape index (κ2) is 5.69. The predicted molar refractivity (Wildman–Crippen MR) is 68.2 cm³/mol. The van der Waals surface area contributed by atoms with Crippen molar-refractivity contribution in [2.75, 3.05) is 0 Å². The molecule has 0 bridgehead atoms. The van der Waals surface area contributed by atoms with Gasteiger partial charge >= 0.3 is 0 Å². The first-order valence-electron chi connectivity index (χ1n) is 4.46. The molecule has 76 valence electrons. The van der Waals surface area contributed by atoms with Crippen molar-refractivity contribution < 1.29 is 0 Å². The predicted octanol–water partition coefficient (Wildman–Crippen LogP) is 4.18. The highest BCUT2D eigenvalue weighted by molar-refractivity contribution is 9.13. The third-order valence-electron chi connectivity index (χ3n) is 2.05. The molecule has 0 saturated heterocycles. The van der Waals surface area contributed by atoms with E-state index in [0.29, 0.717) is 0 Å². The van der Waals surface area contributed by atoms with Gasteiger partial charge in [-0.3, -0.25) is 0 Å². The average Bonchev–Trinajstić information content (AvgIpc) is 2.18. The van der Waals surface area contributed by atoms with E-state index >= 15 is 0 Å². The third kappa shape index (κ3) is 3.23. The highest BCUT2D eigenvalue weighted by atomic mass is 79.9. The zero-order valence-corrected chi connectivity index (χ0v) is 11.0. The fourth-order valence-electron chi connectivity index (χ4n) is 1.21. The van der Waals surface area contributed by atoms with Crippen molar-refractivity contribution in [2.45, 2.75) is 18.9 Å². The first kappa shape index (κ1) is 12.0. The van der Waals surface area contributed by atoms with Crippen LogP contribution >= 0.6 is 31.9 Å². The minimum atomic E-state index is 0.0948. The molecule has 1 aromatic carbocycles. The van der Waals surface area contributed by atoms with E-state index < -0.39 is 0 Å². The van der Waals surface area contributed by atoms with Gasteiger partial charge in [-0.15, -0.1) is 6.58 Å². The van der Waals surface area contributed by atoms with E-state index in [1.807, 2.05) is 18.2 Å². The van der Waals surface area contributed by atoms with E-state index in [2.05, 4.69) is 44.5 Å². The summed E-state index contributed by atoms with van der Waals surface area (Å²) in [6, 6.07) is 6.20. The van der Waals surface area contributed by atoms with Crippen LogP contribution in [0.2, 0.25) is 0 Å². The maximum absolute atomic E-state index is 6.02. The van der Waals surface area contributed by atoms with Gasteiger partial charge in [-0.05, 0) is 62.4 Å². The van der Waals surface area contributed by atoms with Gasteiger partial charge in [0.2, 0.25) is 0 Å². The number of allylic oxidation sites excluding steroid dienone is 1. The van der Waals surface area contributed by atoms with Gasteiger partial charge in [0.15, 0.2) is 0 Å². The van der Waals surface area contributed by atoms with Crippen LogP contribution in [0.4, 0.5) is 0 Å². The molecule has 2 N–H and O–H groups in total. The summed E-state index contributed by atoms with van der Waals surface area (Å²) in [6.45, 7) is 3.69. The summed E-state index contributed by atoms with van der Waals surface area (Å²) in [5.41, 5.74) is 7.17. The van der Waals surface area contributed by atoms with Gasteiger partial charge in [-0.1, -0.05) is 12.1 Å². The highest BCUT2D eigenvalue weighted by Gasteiger charge is 2.06. The number of nitrogens with two attached hydrogens (primary N) is 1. The van der Waals surface area contributed by atoms with Crippen molar-refractivity contribution in [2.24, 2.45) is 5.73 Å². The summed E-state index contributed by atoms with van der Waals surface area (Å²) in [7, 11) is 0. The molecule has 0 radical (unpaired) electrons. The zero-order chi connectivity index (χ0) is 10.6. The lowest BCUT2D eigenvalue weighted by molar-refractivity contribution is 0.661. The molecule has 0 aliphatic carbocycles. The summed E-state index contributed by atoms with van der Waals surface area (Å²) in [4.78, 5) is 0. The molecule has 14 heavy (non-hydrogen) atoms. The number of halogens is 2. The fourth-order valence-corrected chi connectivity index (χ4v) is 1.85. The van der Waals surface area contributed by atoms with E-state index in [0.717, 1.165) is 27.4 Å². The Morgan fingerprint density at radius 2 is 2.07 bits per heavy atom. The quantitative estimate of drug-likeness (QED) is 0.828. The van der Waals surface area contributed by atoms with Gasteiger partial charge in [0.25, 0.3) is 0 Å². The van der Waals surface area contributed by atoms with Crippen LogP contribution in [0.15, 0.2) is 39.8 Å². The van der Waals surface area contributed by atoms with E-state index in [4.69, 9.17) is 5.73 Å². The molecule has 0 spiro atoms. The topological polar surface area (TPSA) is 26.0 Å². The molecule has 0 amide bonds. The maximum atomic E-state index is 6.02. The Bertz CT molecular complexity index is 323. The van der Waals surface area contributed by atoms with Crippen LogP contribution in [-0.2, 0) is 0 Å². The van der Waals surface area contributed by atoms with E-state index in [1.54, 1.807) is 0 Å². The summed E-state index contributed by atoms with van der Waals surface area (Å²) in [5.74, 6) is 0. The van der Waals surface area contributed by atoms with Gasteiger partial charge in [-0.2, -0.15) is 0 Å². The Labute approximate surface area is 102 Å². The van der Waals surface area contributed by atoms with Crippen LogP contribution in [0.25, 0.3) is 0 Å². The van der Waals surface area contributed by atoms with Crippen molar-refractivity contribution in [1.82, 2.24) is 0 Å². The molecule has 3 heteroatoms. The Kier molecular flexibility index (Phi) is 4.85. The highest BCUT2D eigenvalue weighted by Crippen LogP contribution is 2.27. The van der Waals surface area contributed by atoms with Crippen LogP contribution < -0.4 is 5.73 Å². The summed E-state index contributed by atoms with van der Waals surface area (Å²) < 4.78 is 2.10. The molecule has 1 aromatic rings. The summed E-state index contributed by atoms with van der Waals surface area (Å²) >= 11 is 6.89. The SMILES string of the molecule is C=CCC[C@@H](N)c1ccc(Br)c(Br)c1. The third-order valence-corrected chi connectivity index (χ3v) is 3.93. The van der Waals surface area contributed by atoms with Crippen LogP contribution in [0.3, 0.4) is 0 Å². The largest absolute Gasteiger partial charge is 0.324 e. The number of rotatable bonds is 4. The molecular weight excluding hydrogens is 306 g/mol. The number of hydrogen-bond acceptors (Lipinski definition) is 1. The van der Waals surface area contributed by atoms with Crippen molar-refractivity contribution in [3.05, 3.63) is 45.4 Å². The van der Waals surface area contributed by atoms with Gasteiger partial charge in [0.05, 0.1) is 0 Å². The second-order valence-corrected chi connectivity index (χ2v) is 4.85. The fraction of sp³-hybridized carbons (Fsp3) is 0.273. The van der Waals surface area contributed by atoms with Gasteiger partial charge < -0.3 is 5.73 Å². The summed E-state index contributed by atoms with van der Waals surface area (Å²) in [5, 5.41) is 0. The Morgan fingerprint density at radius 3 is 2.64 bits per heavy atom. The molecule has 0 aromatic heterocycles.